The molecule has 0 N–H and O–H groups in total. The standard InChI is InChI=1S/C14H12F3NO2/c1-2-8-13(9-10-6-4-3-5-7-10)11(19)18-12(20-13)14(15,16)17/h2-7H,1,8-9H2/t13-/m1/s1. The number of hydrogen-bond acceptors (Lipinski definition) is 2. The molecule has 0 aromatic heterocycles. The Morgan fingerprint density at radius 1 is 1.30 bits per heavy atom. The zero-order valence-electron chi connectivity index (χ0n) is 10.5. The number of benzene rings is 1. The maximum absolute atomic E-state index is 12.6. The molecule has 6 heteroatoms. The fourth-order valence-corrected chi connectivity index (χ4v) is 2.04. The topological polar surface area (TPSA) is 38.7 Å². The van der Waals surface area contributed by atoms with E-state index in [-0.39, 0.29) is 12.8 Å². The van der Waals surface area contributed by atoms with E-state index in [9.17, 15) is 18.0 Å². The monoisotopic (exact) mass is 283 g/mol. The molecule has 3 nitrogen and oxygen atoms in total. The highest BCUT2D eigenvalue weighted by molar-refractivity contribution is 6.04. The minimum absolute atomic E-state index is 0.0156. The smallest absolute Gasteiger partial charge is 0.457 e. The zero-order chi connectivity index (χ0) is 14.8. The lowest BCUT2D eigenvalue weighted by atomic mass is 9.90. The Morgan fingerprint density at radius 2 is 1.95 bits per heavy atom. The molecule has 1 atom stereocenters. The van der Waals surface area contributed by atoms with Crippen LogP contribution in [-0.4, -0.2) is 23.6 Å². The zero-order valence-corrected chi connectivity index (χ0v) is 10.5. The highest BCUT2D eigenvalue weighted by Crippen LogP contribution is 2.34. The number of nitrogens with zero attached hydrogens (tertiary/aromatic N) is 1. The highest BCUT2D eigenvalue weighted by Gasteiger charge is 2.53. The highest BCUT2D eigenvalue weighted by atomic mass is 19.4. The lowest BCUT2D eigenvalue weighted by Gasteiger charge is -2.25. The van der Waals surface area contributed by atoms with E-state index in [0.717, 1.165) is 0 Å². The van der Waals surface area contributed by atoms with Crippen LogP contribution in [0.3, 0.4) is 0 Å². The average molecular weight is 283 g/mol. The minimum Gasteiger partial charge on any atom is -0.457 e. The van der Waals surface area contributed by atoms with Gasteiger partial charge in [0.2, 0.25) is 0 Å². The second-order valence-corrected chi connectivity index (χ2v) is 4.47. The van der Waals surface area contributed by atoms with E-state index in [4.69, 9.17) is 4.74 Å². The molecule has 0 aliphatic carbocycles. The Morgan fingerprint density at radius 3 is 2.45 bits per heavy atom. The maximum Gasteiger partial charge on any atom is 0.468 e. The summed E-state index contributed by atoms with van der Waals surface area (Å²) in [4.78, 5) is 14.9. The number of hydrogen-bond donors (Lipinski definition) is 0. The molecule has 1 aromatic carbocycles. The van der Waals surface area contributed by atoms with Crippen molar-refractivity contribution in [2.75, 3.05) is 0 Å². The molecule has 1 heterocycles. The van der Waals surface area contributed by atoms with Gasteiger partial charge in [0, 0.05) is 12.8 Å². The van der Waals surface area contributed by atoms with Crippen LogP contribution in [0.5, 0.6) is 0 Å². The first kappa shape index (κ1) is 14.3. The van der Waals surface area contributed by atoms with Crippen LogP contribution in [0.4, 0.5) is 13.2 Å². The van der Waals surface area contributed by atoms with Gasteiger partial charge >= 0.3 is 12.1 Å². The predicted molar refractivity (Wildman–Crippen MR) is 67.3 cm³/mol. The number of amides is 1. The number of carbonyl (C=O) groups is 1. The van der Waals surface area contributed by atoms with Gasteiger partial charge < -0.3 is 4.74 Å². The number of halogens is 3. The van der Waals surface area contributed by atoms with Gasteiger partial charge in [-0.05, 0) is 5.56 Å². The first-order chi connectivity index (χ1) is 9.37. The second-order valence-electron chi connectivity index (χ2n) is 4.47. The summed E-state index contributed by atoms with van der Waals surface area (Å²) in [5, 5.41) is 0. The number of alkyl halides is 3. The molecule has 1 aromatic rings. The summed E-state index contributed by atoms with van der Waals surface area (Å²) in [6, 6.07) is 8.68. The molecule has 20 heavy (non-hydrogen) atoms. The second kappa shape index (κ2) is 5.11. The van der Waals surface area contributed by atoms with Crippen LogP contribution in [0.25, 0.3) is 0 Å². The molecule has 0 saturated carbocycles. The number of aliphatic imine (C=N–C) groups is 1. The fraction of sp³-hybridized carbons (Fsp3) is 0.286. The Labute approximate surface area is 113 Å². The van der Waals surface area contributed by atoms with E-state index < -0.39 is 23.6 Å². The normalized spacial score (nSPS) is 22.4. The van der Waals surface area contributed by atoms with Crippen molar-refractivity contribution >= 4 is 11.8 Å². The van der Waals surface area contributed by atoms with Gasteiger partial charge in [-0.15, -0.1) is 6.58 Å². The van der Waals surface area contributed by atoms with Crippen molar-refractivity contribution in [3.63, 3.8) is 0 Å². The average Bonchev–Trinajstić information content (AvgIpc) is 2.69. The van der Waals surface area contributed by atoms with Gasteiger partial charge in [-0.2, -0.15) is 18.2 Å². The van der Waals surface area contributed by atoms with Gasteiger partial charge in [0.25, 0.3) is 5.91 Å². The van der Waals surface area contributed by atoms with Crippen molar-refractivity contribution < 1.29 is 22.7 Å². The van der Waals surface area contributed by atoms with Gasteiger partial charge in [-0.1, -0.05) is 36.4 Å². The number of rotatable bonds is 4. The molecule has 1 amide bonds. The molecule has 0 fully saturated rings. The Kier molecular flexibility index (Phi) is 3.65. The first-order valence-electron chi connectivity index (χ1n) is 5.91. The third-order valence-electron chi connectivity index (χ3n) is 2.93. The van der Waals surface area contributed by atoms with Crippen molar-refractivity contribution in [3.05, 3.63) is 48.6 Å². The van der Waals surface area contributed by atoms with Crippen LogP contribution in [-0.2, 0) is 16.0 Å². The summed E-state index contributed by atoms with van der Waals surface area (Å²) < 4.78 is 42.7. The Hall–Kier alpha value is -2.11. The van der Waals surface area contributed by atoms with Crippen LogP contribution < -0.4 is 0 Å². The minimum atomic E-state index is -4.77. The lowest BCUT2D eigenvalue weighted by molar-refractivity contribution is -0.132. The summed E-state index contributed by atoms with van der Waals surface area (Å²) >= 11 is 0. The molecule has 0 unspecified atom stereocenters. The van der Waals surface area contributed by atoms with Gasteiger partial charge in [0.1, 0.15) is 0 Å². The third kappa shape index (κ3) is 2.74. The van der Waals surface area contributed by atoms with Gasteiger partial charge in [-0.25, -0.2) is 0 Å². The first-order valence-corrected chi connectivity index (χ1v) is 5.91. The van der Waals surface area contributed by atoms with E-state index in [1.807, 2.05) is 0 Å². The summed E-state index contributed by atoms with van der Waals surface area (Å²) in [7, 11) is 0. The molecule has 0 radical (unpaired) electrons. The summed E-state index contributed by atoms with van der Waals surface area (Å²) in [6.45, 7) is 3.47. The number of carbonyl (C=O) groups excluding carboxylic acids is 1. The van der Waals surface area contributed by atoms with Crippen LogP contribution in [0.15, 0.2) is 48.0 Å². The third-order valence-corrected chi connectivity index (χ3v) is 2.93. The van der Waals surface area contributed by atoms with E-state index in [0.29, 0.717) is 5.56 Å². The van der Waals surface area contributed by atoms with Gasteiger partial charge in [0.05, 0.1) is 0 Å². The van der Waals surface area contributed by atoms with Crippen molar-refractivity contribution in [2.45, 2.75) is 24.6 Å². The van der Waals surface area contributed by atoms with Gasteiger partial charge in [-0.3, -0.25) is 4.79 Å². The van der Waals surface area contributed by atoms with Crippen molar-refractivity contribution in [2.24, 2.45) is 4.99 Å². The van der Waals surface area contributed by atoms with Crippen LogP contribution in [0.2, 0.25) is 0 Å². The van der Waals surface area contributed by atoms with Crippen molar-refractivity contribution in [1.29, 1.82) is 0 Å². The van der Waals surface area contributed by atoms with E-state index in [2.05, 4.69) is 11.6 Å². The maximum atomic E-state index is 12.6. The van der Waals surface area contributed by atoms with Crippen LogP contribution >= 0.6 is 0 Å². The Balaban J connectivity index is 2.29. The molecule has 2 rings (SSSR count). The molecular weight excluding hydrogens is 271 g/mol. The summed E-state index contributed by atoms with van der Waals surface area (Å²) in [5.41, 5.74) is -0.949. The Bertz CT molecular complexity index is 551. The quantitative estimate of drug-likeness (QED) is 0.797. The van der Waals surface area contributed by atoms with Crippen LogP contribution in [0.1, 0.15) is 12.0 Å². The SMILES string of the molecule is C=CC[C@]1(Cc2ccccc2)OC(C(F)(F)F)=NC1=O. The van der Waals surface area contributed by atoms with Crippen LogP contribution in [0, 0.1) is 0 Å². The molecule has 1 aliphatic heterocycles. The molecular formula is C14H12F3NO2. The predicted octanol–water partition coefficient (Wildman–Crippen LogP) is 3.06. The van der Waals surface area contributed by atoms with Crippen molar-refractivity contribution in [1.82, 2.24) is 0 Å². The molecule has 106 valence electrons. The molecule has 0 spiro atoms. The fourth-order valence-electron chi connectivity index (χ4n) is 2.04. The van der Waals surface area contributed by atoms with Crippen molar-refractivity contribution in [3.8, 4) is 0 Å². The molecule has 0 bridgehead atoms. The van der Waals surface area contributed by atoms with E-state index in [1.54, 1.807) is 30.3 Å². The number of ether oxygens (including phenoxy) is 1. The van der Waals surface area contributed by atoms with E-state index >= 15 is 0 Å². The lowest BCUT2D eigenvalue weighted by Crippen LogP contribution is -2.41. The van der Waals surface area contributed by atoms with Gasteiger partial charge in [0.15, 0.2) is 5.60 Å². The largest absolute Gasteiger partial charge is 0.468 e. The summed E-state index contributed by atoms with van der Waals surface area (Å²) in [5.74, 6) is -2.41. The van der Waals surface area contributed by atoms with E-state index in [1.165, 1.54) is 6.08 Å². The molecule has 1 aliphatic rings. The molecule has 0 saturated heterocycles. The summed E-state index contributed by atoms with van der Waals surface area (Å²) in [6.07, 6.45) is -3.43.